The lowest BCUT2D eigenvalue weighted by molar-refractivity contribution is -0.113. The fourth-order valence-electron chi connectivity index (χ4n) is 2.09. The number of thioether (sulfide) groups is 1. The summed E-state index contributed by atoms with van der Waals surface area (Å²) in [6.45, 7) is 0.451. The van der Waals surface area contributed by atoms with E-state index in [0.29, 0.717) is 17.3 Å². The highest BCUT2D eigenvalue weighted by Crippen LogP contribution is 2.33. The monoisotopic (exact) mass is 320 g/mol. The molecule has 2 aromatic carbocycles. The number of hydrogen-bond donors (Lipinski definition) is 3. The van der Waals surface area contributed by atoms with Crippen LogP contribution in [0.15, 0.2) is 41.3 Å². The molecular formula is C15H13ClN2O2S. The summed E-state index contributed by atoms with van der Waals surface area (Å²) in [6.07, 6.45) is 0. The number of carbonyl (C=O) groups excluding carboxylic acids is 1. The molecule has 1 heterocycles. The summed E-state index contributed by atoms with van der Waals surface area (Å²) >= 11 is 7.45. The van der Waals surface area contributed by atoms with E-state index in [-0.39, 0.29) is 11.7 Å². The third-order valence-electron chi connectivity index (χ3n) is 3.14. The van der Waals surface area contributed by atoms with Crippen LogP contribution in [0.25, 0.3) is 0 Å². The molecule has 0 spiro atoms. The van der Waals surface area contributed by atoms with Crippen LogP contribution in [0.5, 0.6) is 5.75 Å². The molecule has 0 aliphatic carbocycles. The van der Waals surface area contributed by atoms with Gasteiger partial charge in [-0.15, -0.1) is 11.8 Å². The van der Waals surface area contributed by atoms with Crippen LogP contribution in [0.3, 0.4) is 0 Å². The van der Waals surface area contributed by atoms with Crippen LogP contribution in [-0.4, -0.2) is 16.8 Å². The number of phenolic OH excluding ortho intramolecular Hbond substituents is 1. The van der Waals surface area contributed by atoms with E-state index in [1.54, 1.807) is 18.2 Å². The van der Waals surface area contributed by atoms with Crippen molar-refractivity contribution in [2.75, 3.05) is 16.4 Å². The molecule has 1 aliphatic heterocycles. The van der Waals surface area contributed by atoms with Gasteiger partial charge in [-0.05, 0) is 36.4 Å². The highest BCUT2D eigenvalue weighted by atomic mass is 35.5. The Balaban J connectivity index is 1.75. The average molecular weight is 321 g/mol. The number of nitrogens with one attached hydrogen (secondary N) is 2. The van der Waals surface area contributed by atoms with Gasteiger partial charge in [-0.3, -0.25) is 4.79 Å². The quantitative estimate of drug-likeness (QED) is 0.807. The smallest absolute Gasteiger partial charge is 0.234 e. The molecule has 0 fully saturated rings. The van der Waals surface area contributed by atoms with Gasteiger partial charge in [0.15, 0.2) is 0 Å². The lowest BCUT2D eigenvalue weighted by Crippen LogP contribution is -2.18. The Hall–Kier alpha value is -1.85. The van der Waals surface area contributed by atoms with Gasteiger partial charge in [-0.25, -0.2) is 0 Å². The summed E-state index contributed by atoms with van der Waals surface area (Å²) < 4.78 is 0. The zero-order chi connectivity index (χ0) is 14.8. The maximum atomic E-state index is 11.4. The van der Waals surface area contributed by atoms with E-state index in [2.05, 4.69) is 10.6 Å². The summed E-state index contributed by atoms with van der Waals surface area (Å²) in [5.74, 6) is 0.668. The van der Waals surface area contributed by atoms with Crippen LogP contribution in [0.1, 0.15) is 5.56 Å². The van der Waals surface area contributed by atoms with Crippen molar-refractivity contribution in [3.05, 3.63) is 47.0 Å². The van der Waals surface area contributed by atoms with Crippen molar-refractivity contribution in [3.63, 3.8) is 0 Å². The minimum Gasteiger partial charge on any atom is -0.508 e. The van der Waals surface area contributed by atoms with Gasteiger partial charge >= 0.3 is 0 Å². The van der Waals surface area contributed by atoms with E-state index in [1.165, 1.54) is 11.8 Å². The second-order valence-electron chi connectivity index (χ2n) is 4.67. The number of carbonyl (C=O) groups is 1. The summed E-state index contributed by atoms with van der Waals surface area (Å²) in [5, 5.41) is 16.4. The molecule has 4 nitrogen and oxygen atoms in total. The zero-order valence-electron chi connectivity index (χ0n) is 11.0. The number of halogens is 1. The van der Waals surface area contributed by atoms with Gasteiger partial charge in [-0.2, -0.15) is 0 Å². The second kappa shape index (κ2) is 5.87. The largest absolute Gasteiger partial charge is 0.508 e. The Bertz CT molecular complexity index is 706. The normalized spacial score (nSPS) is 13.5. The second-order valence-corrected chi connectivity index (χ2v) is 6.13. The molecule has 1 aliphatic rings. The lowest BCUT2D eigenvalue weighted by atomic mass is 10.2. The lowest BCUT2D eigenvalue weighted by Gasteiger charge is -2.17. The Morgan fingerprint density at radius 3 is 3.00 bits per heavy atom. The molecule has 0 unspecified atom stereocenters. The molecule has 0 aromatic heterocycles. The molecule has 3 rings (SSSR count). The number of phenols is 1. The van der Waals surface area contributed by atoms with Crippen LogP contribution < -0.4 is 10.6 Å². The predicted octanol–water partition coefficient (Wildman–Crippen LogP) is 3.70. The van der Waals surface area contributed by atoms with E-state index in [1.807, 2.05) is 18.2 Å². The first-order valence-electron chi connectivity index (χ1n) is 6.40. The number of rotatable bonds is 3. The van der Waals surface area contributed by atoms with E-state index in [9.17, 15) is 9.90 Å². The van der Waals surface area contributed by atoms with Gasteiger partial charge in [-0.1, -0.05) is 11.6 Å². The van der Waals surface area contributed by atoms with E-state index in [4.69, 9.17) is 11.6 Å². The highest BCUT2D eigenvalue weighted by molar-refractivity contribution is 8.00. The Morgan fingerprint density at radius 1 is 1.29 bits per heavy atom. The fraction of sp³-hybridized carbons (Fsp3) is 0.133. The van der Waals surface area contributed by atoms with Crippen molar-refractivity contribution in [2.24, 2.45) is 0 Å². The van der Waals surface area contributed by atoms with E-state index >= 15 is 0 Å². The number of hydrogen-bond acceptors (Lipinski definition) is 4. The van der Waals surface area contributed by atoms with Gasteiger partial charge in [0.05, 0.1) is 11.4 Å². The molecule has 2 aromatic rings. The average Bonchev–Trinajstić information content (AvgIpc) is 2.47. The van der Waals surface area contributed by atoms with Gasteiger partial charge in [0.25, 0.3) is 0 Å². The molecule has 0 atom stereocenters. The van der Waals surface area contributed by atoms with Gasteiger partial charge < -0.3 is 15.7 Å². The molecule has 6 heteroatoms. The van der Waals surface area contributed by atoms with E-state index < -0.39 is 0 Å². The SMILES string of the molecule is O=C1CSc2ccc(NCc3cc(Cl)ccc3O)cc2N1. The summed E-state index contributed by atoms with van der Waals surface area (Å²) in [5.41, 5.74) is 2.41. The first-order chi connectivity index (χ1) is 10.1. The number of benzene rings is 2. The van der Waals surface area contributed by atoms with Gasteiger partial charge in [0, 0.05) is 27.7 Å². The maximum absolute atomic E-state index is 11.4. The summed E-state index contributed by atoms with van der Waals surface area (Å²) in [6, 6.07) is 10.8. The zero-order valence-corrected chi connectivity index (χ0v) is 12.6. The molecule has 0 saturated heterocycles. The third kappa shape index (κ3) is 3.25. The molecule has 0 radical (unpaired) electrons. The summed E-state index contributed by atoms with van der Waals surface area (Å²) in [7, 11) is 0. The first kappa shape index (κ1) is 14.1. The van der Waals surface area contributed by atoms with Crippen molar-refractivity contribution in [2.45, 2.75) is 11.4 Å². The minimum absolute atomic E-state index is 0.0112. The van der Waals surface area contributed by atoms with Crippen LogP contribution >= 0.6 is 23.4 Å². The number of aromatic hydroxyl groups is 1. The van der Waals surface area contributed by atoms with Crippen molar-refractivity contribution in [3.8, 4) is 5.75 Å². The van der Waals surface area contributed by atoms with Crippen molar-refractivity contribution in [1.82, 2.24) is 0 Å². The Kier molecular flexibility index (Phi) is 3.94. The number of fused-ring (bicyclic) bond motifs is 1. The molecular weight excluding hydrogens is 308 g/mol. The topological polar surface area (TPSA) is 61.4 Å². The van der Waals surface area contributed by atoms with Crippen molar-refractivity contribution in [1.29, 1.82) is 0 Å². The number of amides is 1. The predicted molar refractivity (Wildman–Crippen MR) is 86.2 cm³/mol. The molecule has 21 heavy (non-hydrogen) atoms. The Morgan fingerprint density at radius 2 is 2.14 bits per heavy atom. The van der Waals surface area contributed by atoms with Crippen LogP contribution in [0.2, 0.25) is 5.02 Å². The van der Waals surface area contributed by atoms with E-state index in [0.717, 1.165) is 21.8 Å². The fourth-order valence-corrected chi connectivity index (χ4v) is 3.07. The standard InChI is InChI=1S/C15H13ClN2O2S/c16-10-1-3-13(19)9(5-10)7-17-11-2-4-14-12(6-11)18-15(20)8-21-14/h1-6,17,19H,7-8H2,(H,18,20). The molecule has 1 amide bonds. The minimum atomic E-state index is 0.0112. The van der Waals surface area contributed by atoms with Crippen molar-refractivity contribution >= 4 is 40.6 Å². The summed E-state index contributed by atoms with van der Waals surface area (Å²) in [4.78, 5) is 12.5. The molecule has 108 valence electrons. The van der Waals surface area contributed by atoms with Crippen LogP contribution in [0, 0.1) is 0 Å². The number of anilines is 2. The van der Waals surface area contributed by atoms with Gasteiger partial charge in [0.1, 0.15) is 5.75 Å². The van der Waals surface area contributed by atoms with Gasteiger partial charge in [0.2, 0.25) is 5.91 Å². The first-order valence-corrected chi connectivity index (χ1v) is 7.76. The van der Waals surface area contributed by atoms with Crippen molar-refractivity contribution < 1.29 is 9.90 Å². The Labute approximate surface area is 131 Å². The molecule has 0 bridgehead atoms. The third-order valence-corrected chi connectivity index (χ3v) is 4.45. The van der Waals surface area contributed by atoms with Crippen LogP contribution in [0.4, 0.5) is 11.4 Å². The maximum Gasteiger partial charge on any atom is 0.234 e. The molecule has 3 N–H and O–H groups in total. The van der Waals surface area contributed by atoms with Crippen LogP contribution in [-0.2, 0) is 11.3 Å². The highest BCUT2D eigenvalue weighted by Gasteiger charge is 2.15. The molecule has 0 saturated carbocycles.